The van der Waals surface area contributed by atoms with E-state index in [-0.39, 0.29) is 18.1 Å². The molecule has 1 unspecified atom stereocenters. The van der Waals surface area contributed by atoms with Crippen molar-refractivity contribution in [3.8, 4) is 22.8 Å². The highest BCUT2D eigenvalue weighted by Gasteiger charge is 2.34. The van der Waals surface area contributed by atoms with Crippen molar-refractivity contribution in [1.82, 2.24) is 30.0 Å². The van der Waals surface area contributed by atoms with Crippen LogP contribution in [0, 0.1) is 0 Å². The monoisotopic (exact) mass is 499 g/mol. The van der Waals surface area contributed by atoms with E-state index in [2.05, 4.69) is 15.3 Å². The fourth-order valence-corrected chi connectivity index (χ4v) is 4.83. The van der Waals surface area contributed by atoms with Crippen LogP contribution in [0.2, 0.25) is 0 Å². The number of nitrogens with zero attached hydrogens (tertiary/aromatic N) is 5. The number of aromatic nitrogens is 4. The third kappa shape index (κ3) is 4.85. The molecule has 4 aromatic rings. The maximum absolute atomic E-state index is 12.6. The number of amides is 1. The lowest BCUT2D eigenvalue weighted by molar-refractivity contribution is -0.136. The highest BCUT2D eigenvalue weighted by Crippen LogP contribution is 2.34. The number of likely N-dealkylation sites (tertiary alicyclic amines) is 1. The number of fused-ring (bicyclic) bond motifs is 1. The van der Waals surface area contributed by atoms with Gasteiger partial charge < -0.3 is 25.4 Å². The topological polar surface area (TPSA) is 120 Å². The molecule has 1 atom stereocenters. The Balaban J connectivity index is 1.16. The number of hydrogen-bond acceptors (Lipinski definition) is 8. The molecule has 0 aliphatic carbocycles. The molecule has 10 nitrogen and oxygen atoms in total. The zero-order valence-electron chi connectivity index (χ0n) is 20.4. The average molecular weight is 500 g/mol. The van der Waals surface area contributed by atoms with E-state index in [4.69, 9.17) is 20.3 Å². The minimum atomic E-state index is 0.0216. The van der Waals surface area contributed by atoms with Crippen molar-refractivity contribution < 1.29 is 14.3 Å². The van der Waals surface area contributed by atoms with Crippen LogP contribution in [-0.2, 0) is 9.53 Å². The number of para-hydroxylation sites is 1. The van der Waals surface area contributed by atoms with E-state index in [1.54, 1.807) is 0 Å². The maximum Gasteiger partial charge on any atom is 0.236 e. The predicted molar refractivity (Wildman–Crippen MR) is 139 cm³/mol. The van der Waals surface area contributed by atoms with Crippen LogP contribution in [0.4, 0.5) is 5.82 Å². The molecule has 10 heteroatoms. The molecule has 4 heterocycles. The molecule has 0 saturated carbocycles. The van der Waals surface area contributed by atoms with E-state index in [1.165, 1.54) is 6.33 Å². The molecular formula is C27H29N7O3. The molecule has 2 aromatic carbocycles. The van der Waals surface area contributed by atoms with Crippen molar-refractivity contribution in [1.29, 1.82) is 0 Å². The van der Waals surface area contributed by atoms with Gasteiger partial charge in [0.05, 0.1) is 24.1 Å². The molecule has 2 aromatic heterocycles. The van der Waals surface area contributed by atoms with Gasteiger partial charge in [-0.3, -0.25) is 4.79 Å². The molecule has 2 saturated heterocycles. The summed E-state index contributed by atoms with van der Waals surface area (Å²) >= 11 is 0. The Bertz CT molecular complexity index is 1380. The number of ether oxygens (including phenoxy) is 2. The SMILES string of the molecule is Nc1ncnc2c1c(-c1ccc(Oc3ccccc3)cc1)nn2C1CN(C(=O)CNCC2CCCO2)C1. The van der Waals surface area contributed by atoms with Crippen LogP contribution < -0.4 is 15.8 Å². The molecule has 3 N–H and O–H groups in total. The first-order valence-electron chi connectivity index (χ1n) is 12.6. The van der Waals surface area contributed by atoms with Crippen LogP contribution >= 0.6 is 0 Å². The third-order valence-corrected chi connectivity index (χ3v) is 6.86. The number of benzene rings is 2. The van der Waals surface area contributed by atoms with Gasteiger partial charge in [-0.15, -0.1) is 0 Å². The fourth-order valence-electron chi connectivity index (χ4n) is 4.83. The Kier molecular flexibility index (Phi) is 6.42. The predicted octanol–water partition coefficient (Wildman–Crippen LogP) is 3.02. The minimum absolute atomic E-state index is 0.0216. The van der Waals surface area contributed by atoms with Crippen molar-refractivity contribution in [2.24, 2.45) is 0 Å². The summed E-state index contributed by atoms with van der Waals surface area (Å²) in [5.74, 6) is 1.95. The standard InChI is InChI=1S/C27H29N7O3/c28-26-24-25(18-8-10-21(11-9-18)37-20-5-2-1-3-6-20)32-34(27(24)31-17-30-26)19-15-33(16-19)23(35)14-29-13-22-7-4-12-36-22/h1-3,5-6,8-11,17,19,22,29H,4,7,12-16H2,(H2,28,30,31). The number of carbonyl (C=O) groups is 1. The van der Waals surface area contributed by atoms with Crippen LogP contribution in [0.5, 0.6) is 11.5 Å². The minimum Gasteiger partial charge on any atom is -0.457 e. The number of anilines is 1. The van der Waals surface area contributed by atoms with Crippen molar-refractivity contribution >= 4 is 22.8 Å². The second kappa shape index (κ2) is 10.2. The molecule has 6 rings (SSSR count). The average Bonchev–Trinajstić information content (AvgIpc) is 3.54. The van der Waals surface area contributed by atoms with Gasteiger partial charge in [-0.25, -0.2) is 14.6 Å². The lowest BCUT2D eigenvalue weighted by Crippen LogP contribution is -2.53. The molecule has 2 aliphatic heterocycles. The van der Waals surface area contributed by atoms with Gasteiger partial charge in [-0.2, -0.15) is 5.10 Å². The van der Waals surface area contributed by atoms with Crippen molar-refractivity contribution in [2.75, 3.05) is 38.5 Å². The summed E-state index contributed by atoms with van der Waals surface area (Å²) in [5, 5.41) is 8.83. The van der Waals surface area contributed by atoms with Crippen molar-refractivity contribution in [3.63, 3.8) is 0 Å². The molecule has 1 amide bonds. The number of rotatable bonds is 8. The second-order valence-electron chi connectivity index (χ2n) is 9.41. The highest BCUT2D eigenvalue weighted by molar-refractivity contribution is 5.98. The quantitative estimate of drug-likeness (QED) is 0.380. The van der Waals surface area contributed by atoms with Crippen molar-refractivity contribution in [2.45, 2.75) is 25.0 Å². The molecule has 0 spiro atoms. The van der Waals surface area contributed by atoms with E-state index in [9.17, 15) is 4.79 Å². The number of carbonyl (C=O) groups excluding carboxylic acids is 1. The summed E-state index contributed by atoms with van der Waals surface area (Å²) in [6.45, 7) is 2.98. The van der Waals surface area contributed by atoms with Crippen LogP contribution in [0.3, 0.4) is 0 Å². The fraction of sp³-hybridized carbons (Fsp3) is 0.333. The number of nitrogens with one attached hydrogen (secondary N) is 1. The first kappa shape index (κ1) is 23.4. The molecule has 2 aliphatic rings. The van der Waals surface area contributed by atoms with Crippen LogP contribution in [0.25, 0.3) is 22.3 Å². The smallest absolute Gasteiger partial charge is 0.236 e. The van der Waals surface area contributed by atoms with Gasteiger partial charge >= 0.3 is 0 Å². The van der Waals surface area contributed by atoms with E-state index >= 15 is 0 Å². The largest absolute Gasteiger partial charge is 0.457 e. The van der Waals surface area contributed by atoms with Gasteiger partial charge in [0.25, 0.3) is 0 Å². The first-order valence-corrected chi connectivity index (χ1v) is 12.6. The Morgan fingerprint density at radius 1 is 1.08 bits per heavy atom. The first-order chi connectivity index (χ1) is 18.2. The van der Waals surface area contributed by atoms with Gasteiger partial charge in [-0.1, -0.05) is 18.2 Å². The summed E-state index contributed by atoms with van der Waals surface area (Å²) in [4.78, 5) is 23.1. The zero-order valence-corrected chi connectivity index (χ0v) is 20.4. The Morgan fingerprint density at radius 3 is 2.62 bits per heavy atom. The zero-order chi connectivity index (χ0) is 25.2. The summed E-state index contributed by atoms with van der Waals surface area (Å²) in [5.41, 5.74) is 8.53. The normalized spacial score (nSPS) is 17.7. The Morgan fingerprint density at radius 2 is 1.86 bits per heavy atom. The summed E-state index contributed by atoms with van der Waals surface area (Å²) in [7, 11) is 0. The number of nitrogen functional groups attached to an aromatic ring is 1. The van der Waals surface area contributed by atoms with Gasteiger partial charge in [0, 0.05) is 31.8 Å². The summed E-state index contributed by atoms with van der Waals surface area (Å²) in [6, 6.07) is 17.4. The molecule has 0 bridgehead atoms. The Labute approximate surface area is 214 Å². The third-order valence-electron chi connectivity index (χ3n) is 6.86. The van der Waals surface area contributed by atoms with Gasteiger partial charge in [-0.05, 0) is 49.2 Å². The second-order valence-corrected chi connectivity index (χ2v) is 9.41. The van der Waals surface area contributed by atoms with Crippen molar-refractivity contribution in [3.05, 3.63) is 60.9 Å². The lowest BCUT2D eigenvalue weighted by atomic mass is 10.1. The summed E-state index contributed by atoms with van der Waals surface area (Å²) < 4.78 is 13.4. The Hall–Kier alpha value is -4.02. The van der Waals surface area contributed by atoms with Crippen LogP contribution in [-0.4, -0.2) is 69.4 Å². The lowest BCUT2D eigenvalue weighted by Gasteiger charge is -2.39. The van der Waals surface area contributed by atoms with E-state index in [0.717, 1.165) is 36.5 Å². The highest BCUT2D eigenvalue weighted by atomic mass is 16.5. The van der Waals surface area contributed by atoms with Gasteiger partial charge in [0.1, 0.15) is 29.3 Å². The number of hydrogen-bond donors (Lipinski definition) is 2. The van der Waals surface area contributed by atoms with E-state index in [1.807, 2.05) is 64.2 Å². The van der Waals surface area contributed by atoms with Crippen LogP contribution in [0.15, 0.2) is 60.9 Å². The van der Waals surface area contributed by atoms with Gasteiger partial charge in [0.2, 0.25) is 5.91 Å². The number of nitrogens with two attached hydrogens (primary N) is 1. The molecule has 190 valence electrons. The molecule has 2 fully saturated rings. The van der Waals surface area contributed by atoms with Crippen LogP contribution in [0.1, 0.15) is 18.9 Å². The molecular weight excluding hydrogens is 470 g/mol. The van der Waals surface area contributed by atoms with E-state index < -0.39 is 0 Å². The maximum atomic E-state index is 12.6. The molecule has 37 heavy (non-hydrogen) atoms. The van der Waals surface area contributed by atoms with Gasteiger partial charge in [0.15, 0.2) is 5.65 Å². The summed E-state index contributed by atoms with van der Waals surface area (Å²) in [6.07, 6.45) is 3.81. The molecule has 0 radical (unpaired) electrons. The van der Waals surface area contributed by atoms with E-state index in [0.29, 0.717) is 48.7 Å².